The minimum absolute atomic E-state index is 0.0731. The summed E-state index contributed by atoms with van der Waals surface area (Å²) in [5.41, 5.74) is 3.46. The Kier molecular flexibility index (Phi) is 4.35. The molecule has 1 amide bonds. The monoisotopic (exact) mass is 400 g/mol. The summed E-state index contributed by atoms with van der Waals surface area (Å²) in [6.07, 6.45) is 3.11. The Morgan fingerprint density at radius 2 is 2.00 bits per heavy atom. The van der Waals surface area contributed by atoms with Crippen LogP contribution in [0, 0.1) is 0 Å². The Morgan fingerprint density at radius 1 is 1.23 bits per heavy atom. The molecule has 22 heavy (non-hydrogen) atoms. The largest absolute Gasteiger partial charge is 0.276 e. The predicted octanol–water partition coefficient (Wildman–Crippen LogP) is 2.62. The summed E-state index contributed by atoms with van der Waals surface area (Å²) in [5, 5.41) is 0. The number of nitrogens with one attached hydrogen (secondary N) is 2. The van der Waals surface area contributed by atoms with Crippen LogP contribution >= 0.6 is 27.3 Å². The van der Waals surface area contributed by atoms with Crippen molar-refractivity contribution in [2.24, 2.45) is 0 Å². The molecule has 5 nitrogen and oxygen atoms in total. The van der Waals surface area contributed by atoms with Gasteiger partial charge in [0, 0.05) is 9.35 Å². The van der Waals surface area contributed by atoms with E-state index in [0.717, 1.165) is 19.3 Å². The molecule has 2 aromatic rings. The lowest BCUT2D eigenvalue weighted by Crippen LogP contribution is -2.41. The number of rotatable bonds is 4. The summed E-state index contributed by atoms with van der Waals surface area (Å²) >= 11 is 4.61. The minimum Gasteiger partial charge on any atom is -0.273 e. The highest BCUT2D eigenvalue weighted by Gasteiger charge is 2.21. The Morgan fingerprint density at radius 3 is 2.73 bits per heavy atom. The molecular weight excluding hydrogens is 388 g/mol. The second-order valence-corrected chi connectivity index (χ2v) is 8.54. The molecule has 2 N–H and O–H groups in total. The fourth-order valence-electron chi connectivity index (χ4n) is 2.33. The third kappa shape index (κ3) is 3.10. The maximum Gasteiger partial charge on any atom is 0.276 e. The maximum absolute atomic E-state index is 12.2. The number of benzene rings is 1. The van der Waals surface area contributed by atoms with Crippen LogP contribution in [0.25, 0.3) is 0 Å². The minimum atomic E-state index is -3.81. The fourth-order valence-corrected chi connectivity index (χ4v) is 5.33. The SMILES string of the molecule is O=C(NNS(=O)(=O)c1ccccc1Br)c1cc2c(s1)CCC2. The van der Waals surface area contributed by atoms with Crippen molar-refractivity contribution in [1.29, 1.82) is 0 Å². The first kappa shape index (κ1) is 15.7. The smallest absolute Gasteiger partial charge is 0.273 e. The lowest BCUT2D eigenvalue weighted by atomic mass is 10.2. The van der Waals surface area contributed by atoms with Gasteiger partial charge in [-0.05, 0) is 59.0 Å². The second kappa shape index (κ2) is 6.11. The van der Waals surface area contributed by atoms with Crippen molar-refractivity contribution in [3.63, 3.8) is 0 Å². The van der Waals surface area contributed by atoms with Gasteiger partial charge in [0.25, 0.3) is 15.9 Å². The second-order valence-electron chi connectivity index (χ2n) is 4.90. The molecule has 1 aliphatic rings. The van der Waals surface area contributed by atoms with Crippen molar-refractivity contribution < 1.29 is 13.2 Å². The van der Waals surface area contributed by atoms with Crippen LogP contribution in [0.5, 0.6) is 0 Å². The van der Waals surface area contributed by atoms with Crippen LogP contribution in [0.15, 0.2) is 39.7 Å². The number of aryl methyl sites for hydroxylation is 2. The predicted molar refractivity (Wildman–Crippen MR) is 88.3 cm³/mol. The van der Waals surface area contributed by atoms with E-state index in [2.05, 4.69) is 26.2 Å². The molecule has 1 aliphatic carbocycles. The average Bonchev–Trinajstić information content (AvgIpc) is 3.06. The van der Waals surface area contributed by atoms with Crippen LogP contribution < -0.4 is 10.3 Å². The number of amides is 1. The molecule has 116 valence electrons. The Hall–Kier alpha value is -1.22. The molecule has 0 saturated heterocycles. The molecule has 8 heteroatoms. The number of carbonyl (C=O) groups excluding carboxylic acids is 1. The molecular formula is C14H13BrN2O3S2. The lowest BCUT2D eigenvalue weighted by Gasteiger charge is -2.09. The van der Waals surface area contributed by atoms with Crippen LogP contribution in [-0.2, 0) is 22.9 Å². The zero-order valence-corrected chi connectivity index (χ0v) is 14.6. The van der Waals surface area contributed by atoms with E-state index in [1.165, 1.54) is 27.8 Å². The van der Waals surface area contributed by atoms with Gasteiger partial charge in [0.15, 0.2) is 0 Å². The number of hydrogen-bond acceptors (Lipinski definition) is 4. The zero-order chi connectivity index (χ0) is 15.7. The first-order chi connectivity index (χ1) is 10.5. The van der Waals surface area contributed by atoms with Gasteiger partial charge in [0.05, 0.1) is 9.77 Å². The Balaban J connectivity index is 1.71. The summed E-state index contributed by atoms with van der Waals surface area (Å²) < 4.78 is 24.8. The molecule has 1 aromatic carbocycles. The van der Waals surface area contributed by atoms with E-state index in [9.17, 15) is 13.2 Å². The van der Waals surface area contributed by atoms with Crippen molar-refractivity contribution >= 4 is 43.2 Å². The molecule has 0 spiro atoms. The van der Waals surface area contributed by atoms with Gasteiger partial charge in [0.1, 0.15) is 0 Å². The van der Waals surface area contributed by atoms with Crippen LogP contribution in [0.4, 0.5) is 0 Å². The number of halogens is 1. The molecule has 1 heterocycles. The zero-order valence-electron chi connectivity index (χ0n) is 11.4. The molecule has 1 aromatic heterocycles. The van der Waals surface area contributed by atoms with E-state index < -0.39 is 15.9 Å². The molecule has 0 radical (unpaired) electrons. The first-order valence-corrected chi connectivity index (χ1v) is 9.75. The van der Waals surface area contributed by atoms with Gasteiger partial charge in [0.2, 0.25) is 0 Å². The summed E-state index contributed by atoms with van der Waals surface area (Å²) in [5.74, 6) is -0.435. The molecule has 0 fully saturated rings. The normalized spacial score (nSPS) is 13.9. The lowest BCUT2D eigenvalue weighted by molar-refractivity contribution is 0.0949. The van der Waals surface area contributed by atoms with E-state index >= 15 is 0 Å². The highest BCUT2D eigenvalue weighted by molar-refractivity contribution is 9.10. The van der Waals surface area contributed by atoms with Gasteiger partial charge in [-0.15, -0.1) is 16.2 Å². The van der Waals surface area contributed by atoms with Crippen LogP contribution in [0.2, 0.25) is 0 Å². The van der Waals surface area contributed by atoms with Crippen molar-refractivity contribution in [3.8, 4) is 0 Å². The van der Waals surface area contributed by atoms with Crippen molar-refractivity contribution in [1.82, 2.24) is 10.3 Å². The van der Waals surface area contributed by atoms with Crippen molar-refractivity contribution in [3.05, 3.63) is 50.1 Å². The number of thiophene rings is 1. The molecule has 3 rings (SSSR count). The standard InChI is InChI=1S/C14H13BrN2O3S2/c15-10-5-1-2-7-13(10)22(19,20)17-16-14(18)12-8-9-4-3-6-11(9)21-12/h1-2,5,7-8,17H,3-4,6H2,(H,16,18). The van der Waals surface area contributed by atoms with E-state index in [-0.39, 0.29) is 4.90 Å². The molecule has 0 unspecified atom stereocenters. The Bertz CT molecular complexity index is 809. The van der Waals surface area contributed by atoms with Gasteiger partial charge >= 0.3 is 0 Å². The molecule has 0 saturated carbocycles. The summed E-state index contributed by atoms with van der Waals surface area (Å²) in [7, 11) is -3.81. The van der Waals surface area contributed by atoms with Crippen LogP contribution in [-0.4, -0.2) is 14.3 Å². The summed E-state index contributed by atoms with van der Waals surface area (Å²) in [6.45, 7) is 0. The summed E-state index contributed by atoms with van der Waals surface area (Å²) in [6, 6.07) is 8.26. The van der Waals surface area contributed by atoms with E-state index in [4.69, 9.17) is 0 Å². The quantitative estimate of drug-likeness (QED) is 0.774. The first-order valence-electron chi connectivity index (χ1n) is 6.65. The molecule has 0 bridgehead atoms. The maximum atomic E-state index is 12.2. The van der Waals surface area contributed by atoms with Gasteiger partial charge in [-0.2, -0.15) is 0 Å². The van der Waals surface area contributed by atoms with Gasteiger partial charge in [-0.25, -0.2) is 8.42 Å². The number of sulfonamides is 1. The average molecular weight is 401 g/mol. The third-order valence-corrected chi connectivity index (χ3v) is 6.89. The highest BCUT2D eigenvalue weighted by atomic mass is 79.9. The van der Waals surface area contributed by atoms with E-state index in [0.29, 0.717) is 9.35 Å². The number of carbonyl (C=O) groups is 1. The topological polar surface area (TPSA) is 75.3 Å². The third-order valence-electron chi connectivity index (χ3n) is 3.40. The van der Waals surface area contributed by atoms with Crippen LogP contribution in [0.3, 0.4) is 0 Å². The van der Waals surface area contributed by atoms with Gasteiger partial charge in [-0.1, -0.05) is 12.1 Å². The van der Waals surface area contributed by atoms with E-state index in [1.807, 2.05) is 6.07 Å². The van der Waals surface area contributed by atoms with Crippen LogP contribution in [0.1, 0.15) is 26.5 Å². The summed E-state index contributed by atoms with van der Waals surface area (Å²) in [4.78, 5) is 16.0. The molecule has 0 atom stereocenters. The molecule has 0 aliphatic heterocycles. The number of hydrazine groups is 1. The number of fused-ring (bicyclic) bond motifs is 1. The highest BCUT2D eigenvalue weighted by Crippen LogP contribution is 2.30. The Labute approximate surface area is 140 Å². The van der Waals surface area contributed by atoms with E-state index in [1.54, 1.807) is 18.2 Å². The van der Waals surface area contributed by atoms with Crippen molar-refractivity contribution in [2.45, 2.75) is 24.2 Å². The van der Waals surface area contributed by atoms with Gasteiger partial charge in [-0.3, -0.25) is 10.2 Å². The van der Waals surface area contributed by atoms with Crippen molar-refractivity contribution in [2.75, 3.05) is 0 Å². The van der Waals surface area contributed by atoms with Gasteiger partial charge < -0.3 is 0 Å². The number of hydrogen-bond donors (Lipinski definition) is 2. The fraction of sp³-hybridized carbons (Fsp3) is 0.214.